The van der Waals surface area contributed by atoms with Gasteiger partial charge in [0, 0.05) is 23.9 Å². The van der Waals surface area contributed by atoms with E-state index in [0.717, 1.165) is 37.4 Å². The third-order valence-corrected chi connectivity index (χ3v) is 4.99. The van der Waals surface area contributed by atoms with Crippen molar-refractivity contribution in [1.82, 2.24) is 19.8 Å². The van der Waals surface area contributed by atoms with Gasteiger partial charge in [0.2, 0.25) is 5.91 Å². The van der Waals surface area contributed by atoms with E-state index in [1.54, 1.807) is 6.20 Å². The van der Waals surface area contributed by atoms with Crippen LogP contribution in [0.25, 0.3) is 0 Å². The first-order valence-electron chi connectivity index (χ1n) is 8.09. The summed E-state index contributed by atoms with van der Waals surface area (Å²) in [6.45, 7) is 7.93. The number of morpholine rings is 1. The zero-order valence-electron chi connectivity index (χ0n) is 13.8. The van der Waals surface area contributed by atoms with Crippen LogP contribution in [-0.2, 0) is 9.53 Å². The molecule has 6 heteroatoms. The zero-order chi connectivity index (χ0) is 15.7. The number of hydrogen-bond acceptors (Lipinski definition) is 4. The molecule has 0 radical (unpaired) electrons. The Kier molecular flexibility index (Phi) is 4.23. The molecule has 6 nitrogen and oxygen atoms in total. The van der Waals surface area contributed by atoms with Gasteiger partial charge in [-0.1, -0.05) is 6.92 Å². The number of rotatable bonds is 2. The second kappa shape index (κ2) is 6.01. The Morgan fingerprint density at radius 1 is 1.41 bits per heavy atom. The minimum atomic E-state index is -0.229. The fraction of sp³-hybridized carbons (Fsp3) is 0.750. The number of aromatic amines is 1. The van der Waals surface area contributed by atoms with E-state index in [0.29, 0.717) is 19.7 Å². The van der Waals surface area contributed by atoms with Gasteiger partial charge in [0.1, 0.15) is 11.9 Å². The summed E-state index contributed by atoms with van der Waals surface area (Å²) in [5.74, 6) is 1.10. The summed E-state index contributed by atoms with van der Waals surface area (Å²) in [6.07, 6.45) is 3.54. The van der Waals surface area contributed by atoms with Gasteiger partial charge in [-0.05, 0) is 39.9 Å². The summed E-state index contributed by atoms with van der Waals surface area (Å²) in [5, 5.41) is 0. The van der Waals surface area contributed by atoms with Crippen molar-refractivity contribution in [2.45, 2.75) is 32.8 Å². The summed E-state index contributed by atoms with van der Waals surface area (Å²) < 4.78 is 5.80. The van der Waals surface area contributed by atoms with Gasteiger partial charge in [-0.25, -0.2) is 4.98 Å². The number of amides is 1. The lowest BCUT2D eigenvalue weighted by Crippen LogP contribution is -2.51. The molecule has 1 aromatic rings. The average molecular weight is 306 g/mol. The quantitative estimate of drug-likeness (QED) is 0.896. The van der Waals surface area contributed by atoms with Crippen molar-refractivity contribution in [3.8, 4) is 0 Å². The second-order valence-corrected chi connectivity index (χ2v) is 6.93. The Morgan fingerprint density at radius 2 is 2.14 bits per heavy atom. The minimum absolute atomic E-state index is 0.138. The van der Waals surface area contributed by atoms with Crippen molar-refractivity contribution in [1.29, 1.82) is 0 Å². The van der Waals surface area contributed by atoms with Gasteiger partial charge in [-0.3, -0.25) is 4.79 Å². The molecule has 2 fully saturated rings. The number of carbonyl (C=O) groups is 1. The molecule has 0 saturated carbocycles. The van der Waals surface area contributed by atoms with Crippen molar-refractivity contribution in [2.24, 2.45) is 5.41 Å². The fourth-order valence-corrected chi connectivity index (χ4v) is 3.30. The van der Waals surface area contributed by atoms with Gasteiger partial charge in [0.15, 0.2) is 0 Å². The van der Waals surface area contributed by atoms with Gasteiger partial charge < -0.3 is 19.5 Å². The number of carbonyl (C=O) groups excluding carboxylic acids is 1. The largest absolute Gasteiger partial charge is 0.367 e. The molecule has 1 atom stereocenters. The summed E-state index contributed by atoms with van der Waals surface area (Å²) in [7, 11) is 2.12. The fourth-order valence-electron chi connectivity index (χ4n) is 3.30. The molecule has 1 aromatic heterocycles. The number of imidazole rings is 1. The van der Waals surface area contributed by atoms with E-state index in [-0.39, 0.29) is 17.4 Å². The molecule has 1 amide bonds. The number of likely N-dealkylation sites (tertiary alicyclic amines) is 1. The van der Waals surface area contributed by atoms with Crippen LogP contribution >= 0.6 is 0 Å². The van der Waals surface area contributed by atoms with Crippen LogP contribution in [0.2, 0.25) is 0 Å². The van der Waals surface area contributed by atoms with Gasteiger partial charge in [-0.2, -0.15) is 0 Å². The molecule has 122 valence electrons. The van der Waals surface area contributed by atoms with E-state index in [1.807, 2.05) is 11.8 Å². The number of nitrogens with zero attached hydrogens (tertiary/aromatic N) is 3. The maximum absolute atomic E-state index is 13.0. The van der Waals surface area contributed by atoms with Crippen molar-refractivity contribution in [3.63, 3.8) is 0 Å². The van der Waals surface area contributed by atoms with Crippen LogP contribution in [0, 0.1) is 12.3 Å². The number of aryl methyl sites for hydroxylation is 1. The Morgan fingerprint density at radius 3 is 2.77 bits per heavy atom. The highest BCUT2D eigenvalue weighted by Gasteiger charge is 2.40. The van der Waals surface area contributed by atoms with E-state index in [4.69, 9.17) is 4.74 Å². The van der Waals surface area contributed by atoms with Crippen LogP contribution in [0.15, 0.2) is 6.20 Å². The molecular weight excluding hydrogens is 280 g/mol. The molecule has 3 heterocycles. The number of nitrogens with one attached hydrogen (secondary N) is 1. The van der Waals surface area contributed by atoms with Gasteiger partial charge >= 0.3 is 0 Å². The van der Waals surface area contributed by atoms with Crippen molar-refractivity contribution in [2.75, 3.05) is 39.8 Å². The molecular formula is C16H26N4O2. The van der Waals surface area contributed by atoms with Gasteiger partial charge in [0.25, 0.3) is 0 Å². The monoisotopic (exact) mass is 306 g/mol. The topological polar surface area (TPSA) is 61.5 Å². The Balaban J connectivity index is 1.67. The third-order valence-electron chi connectivity index (χ3n) is 4.99. The highest BCUT2D eigenvalue weighted by molar-refractivity contribution is 5.82. The number of hydrogen-bond donors (Lipinski definition) is 1. The van der Waals surface area contributed by atoms with Crippen LogP contribution in [0.1, 0.15) is 37.4 Å². The molecule has 0 unspecified atom stereocenters. The van der Waals surface area contributed by atoms with E-state index in [9.17, 15) is 4.79 Å². The highest BCUT2D eigenvalue weighted by Crippen LogP contribution is 2.34. The standard InChI is InChI=1S/C16H26N4O2/c1-12-10-17-14(18-12)13-11-20(8-9-22-13)15(21)16(2)4-6-19(3)7-5-16/h10,13H,4-9,11H2,1-3H3,(H,17,18)/t13-/m0/s1. The van der Waals surface area contributed by atoms with Gasteiger partial charge in [0.05, 0.1) is 13.2 Å². The van der Waals surface area contributed by atoms with Crippen LogP contribution < -0.4 is 0 Å². The first kappa shape index (κ1) is 15.5. The summed E-state index contributed by atoms with van der Waals surface area (Å²) in [4.78, 5) is 24.8. The smallest absolute Gasteiger partial charge is 0.228 e. The predicted octanol–water partition coefficient (Wildman–Crippen LogP) is 1.35. The maximum Gasteiger partial charge on any atom is 0.228 e. The van der Waals surface area contributed by atoms with E-state index >= 15 is 0 Å². The first-order valence-corrected chi connectivity index (χ1v) is 8.09. The molecule has 0 aromatic carbocycles. The van der Waals surface area contributed by atoms with Gasteiger partial charge in [-0.15, -0.1) is 0 Å². The molecule has 0 bridgehead atoms. The van der Waals surface area contributed by atoms with Crippen molar-refractivity contribution in [3.05, 3.63) is 17.7 Å². The van der Waals surface area contributed by atoms with Crippen LogP contribution in [-0.4, -0.2) is 65.5 Å². The van der Waals surface area contributed by atoms with E-state index < -0.39 is 0 Å². The summed E-state index contributed by atoms with van der Waals surface area (Å²) >= 11 is 0. The average Bonchev–Trinajstić information content (AvgIpc) is 2.96. The van der Waals surface area contributed by atoms with Crippen molar-refractivity contribution >= 4 is 5.91 Å². The molecule has 0 aliphatic carbocycles. The molecule has 1 N–H and O–H groups in total. The molecule has 2 aliphatic heterocycles. The SMILES string of the molecule is Cc1cnc([C@@H]2CN(C(=O)C3(C)CCN(C)CC3)CCO2)[nH]1. The lowest BCUT2D eigenvalue weighted by molar-refractivity contribution is -0.151. The number of piperidine rings is 1. The van der Waals surface area contributed by atoms with Crippen LogP contribution in [0.5, 0.6) is 0 Å². The zero-order valence-corrected chi connectivity index (χ0v) is 13.8. The summed E-state index contributed by atoms with van der Waals surface area (Å²) in [6, 6.07) is 0. The van der Waals surface area contributed by atoms with Crippen LogP contribution in [0.3, 0.4) is 0 Å². The number of aromatic nitrogens is 2. The van der Waals surface area contributed by atoms with Crippen molar-refractivity contribution < 1.29 is 9.53 Å². The highest BCUT2D eigenvalue weighted by atomic mass is 16.5. The predicted molar refractivity (Wildman–Crippen MR) is 83.4 cm³/mol. The Labute approximate surface area is 131 Å². The van der Waals surface area contributed by atoms with Crippen LogP contribution in [0.4, 0.5) is 0 Å². The Hall–Kier alpha value is -1.40. The number of ether oxygens (including phenoxy) is 1. The normalized spacial score (nSPS) is 26.1. The molecule has 22 heavy (non-hydrogen) atoms. The Bertz CT molecular complexity index is 534. The summed E-state index contributed by atoms with van der Waals surface area (Å²) in [5.41, 5.74) is 0.789. The first-order chi connectivity index (χ1) is 10.5. The third kappa shape index (κ3) is 3.03. The molecule has 3 rings (SSSR count). The minimum Gasteiger partial charge on any atom is -0.367 e. The van der Waals surface area contributed by atoms with E-state index in [1.165, 1.54) is 0 Å². The molecule has 2 aliphatic rings. The lowest BCUT2D eigenvalue weighted by atomic mass is 9.79. The lowest BCUT2D eigenvalue weighted by Gasteiger charge is -2.42. The van der Waals surface area contributed by atoms with E-state index in [2.05, 4.69) is 28.8 Å². The number of H-pyrrole nitrogens is 1. The molecule has 0 spiro atoms. The molecule has 2 saturated heterocycles. The second-order valence-electron chi connectivity index (χ2n) is 6.93. The maximum atomic E-state index is 13.0.